The Labute approximate surface area is 120 Å². The van der Waals surface area contributed by atoms with Crippen molar-refractivity contribution >= 4 is 28.6 Å². The summed E-state index contributed by atoms with van der Waals surface area (Å²) in [6, 6.07) is 0. The molecule has 0 bridgehead atoms. The van der Waals surface area contributed by atoms with E-state index in [2.05, 4.69) is 9.72 Å². The van der Waals surface area contributed by atoms with Crippen molar-refractivity contribution < 1.29 is 27.4 Å². The fraction of sp³-hybridized carbons (Fsp3) is 0.400. The van der Waals surface area contributed by atoms with Gasteiger partial charge >= 0.3 is 12.3 Å². The molecular formula is C10H10F3IN2O3. The van der Waals surface area contributed by atoms with Gasteiger partial charge in [-0.15, -0.1) is 13.2 Å². The van der Waals surface area contributed by atoms with E-state index in [0.29, 0.717) is 0 Å². The molecule has 0 aliphatic carbocycles. The minimum absolute atomic E-state index is 0.0169. The molecule has 0 aliphatic heterocycles. The van der Waals surface area contributed by atoms with Crippen LogP contribution in [-0.4, -0.2) is 23.9 Å². The molecular weight excluding hydrogens is 380 g/mol. The van der Waals surface area contributed by atoms with Gasteiger partial charge in [0.05, 0.1) is 22.1 Å². The quantitative estimate of drug-likeness (QED) is 0.631. The number of ether oxygens (including phenoxy) is 2. The van der Waals surface area contributed by atoms with Crippen LogP contribution in [0, 0.1) is 3.57 Å². The van der Waals surface area contributed by atoms with Crippen LogP contribution < -0.4 is 10.5 Å². The van der Waals surface area contributed by atoms with E-state index in [1.807, 2.05) is 0 Å². The molecule has 2 N–H and O–H groups in total. The van der Waals surface area contributed by atoms with Crippen molar-refractivity contribution in [2.45, 2.75) is 19.8 Å². The first-order chi connectivity index (χ1) is 8.80. The topological polar surface area (TPSA) is 74.4 Å². The van der Waals surface area contributed by atoms with Crippen LogP contribution in [0.15, 0.2) is 6.20 Å². The molecule has 5 nitrogen and oxygen atoms in total. The van der Waals surface area contributed by atoms with Gasteiger partial charge < -0.3 is 15.2 Å². The maximum absolute atomic E-state index is 12.3. The van der Waals surface area contributed by atoms with E-state index in [1.54, 1.807) is 29.5 Å². The third-order valence-electron chi connectivity index (χ3n) is 1.96. The molecule has 106 valence electrons. The van der Waals surface area contributed by atoms with E-state index in [1.165, 1.54) is 0 Å². The standard InChI is InChI=1S/C10H10F3IN2O3/c1-2-18-9(17)7-6(19-10(11,12)13)4-16-5(3-15)8(7)14/h4H,2-3,15H2,1H3. The Balaban J connectivity index is 3.30. The highest BCUT2D eigenvalue weighted by molar-refractivity contribution is 14.1. The van der Waals surface area contributed by atoms with Crippen LogP contribution in [0.4, 0.5) is 13.2 Å². The number of pyridine rings is 1. The van der Waals surface area contributed by atoms with E-state index in [0.717, 1.165) is 6.20 Å². The van der Waals surface area contributed by atoms with E-state index in [4.69, 9.17) is 10.5 Å². The molecule has 1 aromatic rings. The van der Waals surface area contributed by atoms with E-state index in [-0.39, 0.29) is 28.0 Å². The first kappa shape index (κ1) is 16.0. The van der Waals surface area contributed by atoms with Gasteiger partial charge in [-0.25, -0.2) is 4.79 Å². The lowest BCUT2D eigenvalue weighted by Gasteiger charge is -2.14. The molecule has 0 fully saturated rings. The van der Waals surface area contributed by atoms with Crippen molar-refractivity contribution in [2.24, 2.45) is 5.73 Å². The number of halogens is 4. The van der Waals surface area contributed by atoms with E-state index in [9.17, 15) is 18.0 Å². The zero-order chi connectivity index (χ0) is 14.6. The van der Waals surface area contributed by atoms with Crippen molar-refractivity contribution in [3.8, 4) is 5.75 Å². The molecule has 0 radical (unpaired) electrons. The summed E-state index contributed by atoms with van der Waals surface area (Å²) in [5.74, 6) is -1.61. The highest BCUT2D eigenvalue weighted by atomic mass is 127. The first-order valence-corrected chi connectivity index (χ1v) is 6.18. The monoisotopic (exact) mass is 390 g/mol. The van der Waals surface area contributed by atoms with Crippen molar-refractivity contribution in [1.82, 2.24) is 4.98 Å². The van der Waals surface area contributed by atoms with Gasteiger partial charge in [-0.1, -0.05) is 0 Å². The van der Waals surface area contributed by atoms with Gasteiger partial charge in [0, 0.05) is 6.54 Å². The molecule has 0 saturated heterocycles. The number of nitrogens with two attached hydrogens (primary N) is 1. The molecule has 1 heterocycles. The number of alkyl halides is 3. The average Bonchev–Trinajstić information content (AvgIpc) is 2.27. The van der Waals surface area contributed by atoms with Crippen molar-refractivity contribution in [3.63, 3.8) is 0 Å². The van der Waals surface area contributed by atoms with Gasteiger partial charge in [-0.05, 0) is 29.5 Å². The number of hydrogen-bond donors (Lipinski definition) is 1. The predicted octanol–water partition coefficient (Wildman–Crippen LogP) is 2.22. The maximum Gasteiger partial charge on any atom is 0.573 e. The molecule has 0 aliphatic rings. The number of carbonyl (C=O) groups excluding carboxylic acids is 1. The van der Waals surface area contributed by atoms with Gasteiger partial charge in [0.15, 0.2) is 5.75 Å². The van der Waals surface area contributed by atoms with Gasteiger partial charge in [-0.3, -0.25) is 4.98 Å². The summed E-state index contributed by atoms with van der Waals surface area (Å²) in [5.41, 5.74) is 5.35. The molecule has 0 spiro atoms. The lowest BCUT2D eigenvalue weighted by atomic mass is 10.2. The fourth-order valence-electron chi connectivity index (χ4n) is 1.25. The number of esters is 1. The third kappa shape index (κ3) is 4.20. The number of rotatable bonds is 4. The Morgan fingerprint density at radius 1 is 1.53 bits per heavy atom. The molecule has 19 heavy (non-hydrogen) atoms. The van der Waals surface area contributed by atoms with Crippen LogP contribution in [0.1, 0.15) is 23.0 Å². The number of hydrogen-bond acceptors (Lipinski definition) is 5. The molecule has 0 unspecified atom stereocenters. The molecule has 0 saturated carbocycles. The summed E-state index contributed by atoms with van der Waals surface area (Å²) in [5, 5.41) is 0. The summed E-state index contributed by atoms with van der Waals surface area (Å²) >= 11 is 1.68. The van der Waals surface area contributed by atoms with Crippen LogP contribution >= 0.6 is 22.6 Å². The lowest BCUT2D eigenvalue weighted by Crippen LogP contribution is -2.21. The van der Waals surface area contributed by atoms with E-state index >= 15 is 0 Å². The van der Waals surface area contributed by atoms with Gasteiger partial charge in [0.2, 0.25) is 0 Å². The fourth-order valence-corrected chi connectivity index (χ4v) is 2.09. The number of carbonyl (C=O) groups is 1. The Morgan fingerprint density at radius 3 is 2.63 bits per heavy atom. The second-order valence-corrected chi connectivity index (χ2v) is 4.31. The minimum Gasteiger partial charge on any atom is -0.462 e. The van der Waals surface area contributed by atoms with Crippen molar-refractivity contribution in [1.29, 1.82) is 0 Å². The summed E-state index contributed by atoms with van der Waals surface area (Å²) in [6.45, 7) is 1.55. The largest absolute Gasteiger partial charge is 0.573 e. The maximum atomic E-state index is 12.3. The second-order valence-electron chi connectivity index (χ2n) is 3.23. The SMILES string of the molecule is CCOC(=O)c1c(OC(F)(F)F)cnc(CN)c1I. The van der Waals surface area contributed by atoms with Crippen LogP contribution in [0.2, 0.25) is 0 Å². The molecule has 9 heteroatoms. The lowest BCUT2D eigenvalue weighted by molar-refractivity contribution is -0.274. The minimum atomic E-state index is -4.92. The van der Waals surface area contributed by atoms with Crippen LogP contribution in [0.3, 0.4) is 0 Å². The Kier molecular flexibility index (Phi) is 5.35. The normalized spacial score (nSPS) is 11.3. The smallest absolute Gasteiger partial charge is 0.462 e. The highest BCUT2D eigenvalue weighted by Crippen LogP contribution is 2.30. The van der Waals surface area contributed by atoms with Crippen LogP contribution in [0.25, 0.3) is 0 Å². The summed E-state index contributed by atoms with van der Waals surface area (Å²) < 4.78 is 45.4. The molecule has 0 atom stereocenters. The van der Waals surface area contributed by atoms with Gasteiger partial charge in [0.25, 0.3) is 0 Å². The Bertz CT molecular complexity index is 480. The van der Waals surface area contributed by atoms with Crippen LogP contribution in [0.5, 0.6) is 5.75 Å². The van der Waals surface area contributed by atoms with E-state index < -0.39 is 18.1 Å². The zero-order valence-electron chi connectivity index (χ0n) is 9.75. The average molecular weight is 390 g/mol. The molecule has 0 aromatic carbocycles. The molecule has 1 aromatic heterocycles. The summed E-state index contributed by atoms with van der Waals surface area (Å²) in [7, 11) is 0. The summed E-state index contributed by atoms with van der Waals surface area (Å²) in [6.07, 6.45) is -4.11. The van der Waals surface area contributed by atoms with Gasteiger partial charge in [-0.2, -0.15) is 0 Å². The Morgan fingerprint density at radius 2 is 2.16 bits per heavy atom. The number of aromatic nitrogens is 1. The molecule has 0 amide bonds. The number of nitrogens with zero attached hydrogens (tertiary/aromatic N) is 1. The molecule has 1 rings (SSSR count). The van der Waals surface area contributed by atoms with Crippen molar-refractivity contribution in [3.05, 3.63) is 21.0 Å². The second kappa shape index (κ2) is 6.37. The van der Waals surface area contributed by atoms with Crippen molar-refractivity contribution in [2.75, 3.05) is 6.61 Å². The Hall–Kier alpha value is -1.10. The predicted molar refractivity (Wildman–Crippen MR) is 67.5 cm³/mol. The van der Waals surface area contributed by atoms with Gasteiger partial charge in [0.1, 0.15) is 5.56 Å². The van der Waals surface area contributed by atoms with Crippen LogP contribution in [-0.2, 0) is 11.3 Å². The third-order valence-corrected chi connectivity index (χ3v) is 3.12. The first-order valence-electron chi connectivity index (χ1n) is 5.10. The summed E-state index contributed by atoms with van der Waals surface area (Å²) in [4.78, 5) is 15.4. The highest BCUT2D eigenvalue weighted by Gasteiger charge is 2.34. The zero-order valence-corrected chi connectivity index (χ0v) is 11.9.